The molecule has 6 heteroatoms. The van der Waals surface area contributed by atoms with Crippen molar-refractivity contribution in [2.75, 3.05) is 30.9 Å². The summed E-state index contributed by atoms with van der Waals surface area (Å²) in [5.41, 5.74) is 0. The van der Waals surface area contributed by atoms with Gasteiger partial charge in [-0.15, -0.1) is 0 Å². The SMILES string of the molecule is CCCNc1ncnc(NC(CC)COC)c1Br. The average molecular weight is 317 g/mol. The van der Waals surface area contributed by atoms with Crippen molar-refractivity contribution in [1.29, 1.82) is 0 Å². The molecule has 0 spiro atoms. The van der Waals surface area contributed by atoms with E-state index in [1.807, 2.05) is 0 Å². The standard InChI is InChI=1S/C12H21BrN4O/c1-4-6-14-11-10(13)12(16-8-15-11)17-9(5-2)7-18-3/h8-9H,4-7H2,1-3H3,(H2,14,15,16,17). The third-order valence-corrected chi connectivity index (χ3v) is 3.28. The maximum Gasteiger partial charge on any atom is 0.146 e. The lowest BCUT2D eigenvalue weighted by atomic mass is 10.2. The Morgan fingerprint density at radius 1 is 1.33 bits per heavy atom. The van der Waals surface area contributed by atoms with Crippen LogP contribution in [0.5, 0.6) is 0 Å². The van der Waals surface area contributed by atoms with Crippen molar-refractivity contribution in [2.24, 2.45) is 0 Å². The largest absolute Gasteiger partial charge is 0.383 e. The van der Waals surface area contributed by atoms with Crippen molar-refractivity contribution in [1.82, 2.24) is 9.97 Å². The predicted octanol–water partition coefficient (Wildman–Crippen LogP) is 2.90. The molecule has 18 heavy (non-hydrogen) atoms. The highest BCUT2D eigenvalue weighted by Crippen LogP contribution is 2.27. The molecule has 0 aliphatic carbocycles. The normalized spacial score (nSPS) is 12.2. The highest BCUT2D eigenvalue weighted by atomic mass is 79.9. The van der Waals surface area contributed by atoms with E-state index in [-0.39, 0.29) is 6.04 Å². The fourth-order valence-electron chi connectivity index (χ4n) is 1.49. The number of aromatic nitrogens is 2. The second-order valence-corrected chi connectivity index (χ2v) is 4.81. The van der Waals surface area contributed by atoms with Crippen LogP contribution in [0.25, 0.3) is 0 Å². The number of hydrogen-bond acceptors (Lipinski definition) is 5. The first-order valence-corrected chi connectivity index (χ1v) is 7.02. The molecule has 0 aliphatic rings. The zero-order chi connectivity index (χ0) is 13.4. The molecule has 0 fully saturated rings. The van der Waals surface area contributed by atoms with Crippen LogP contribution in [-0.2, 0) is 4.74 Å². The highest BCUT2D eigenvalue weighted by Gasteiger charge is 2.12. The smallest absolute Gasteiger partial charge is 0.146 e. The van der Waals surface area contributed by atoms with Crippen molar-refractivity contribution in [3.8, 4) is 0 Å². The molecule has 0 bridgehead atoms. The van der Waals surface area contributed by atoms with Gasteiger partial charge in [0.05, 0.1) is 12.6 Å². The Morgan fingerprint density at radius 3 is 2.67 bits per heavy atom. The van der Waals surface area contributed by atoms with E-state index in [1.165, 1.54) is 0 Å². The van der Waals surface area contributed by atoms with E-state index < -0.39 is 0 Å². The minimum atomic E-state index is 0.250. The molecule has 102 valence electrons. The molecular formula is C12H21BrN4O. The molecule has 1 heterocycles. The topological polar surface area (TPSA) is 59.1 Å². The molecule has 0 saturated carbocycles. The van der Waals surface area contributed by atoms with E-state index in [1.54, 1.807) is 13.4 Å². The Balaban J connectivity index is 2.75. The van der Waals surface area contributed by atoms with Crippen LogP contribution in [0.3, 0.4) is 0 Å². The van der Waals surface area contributed by atoms with Crippen LogP contribution < -0.4 is 10.6 Å². The van der Waals surface area contributed by atoms with Crippen LogP contribution in [0.4, 0.5) is 11.6 Å². The number of halogens is 1. The predicted molar refractivity (Wildman–Crippen MR) is 78.1 cm³/mol. The number of methoxy groups -OCH3 is 1. The first-order chi connectivity index (χ1) is 8.72. The molecule has 0 amide bonds. The minimum absolute atomic E-state index is 0.250. The molecule has 2 N–H and O–H groups in total. The van der Waals surface area contributed by atoms with Gasteiger partial charge in [0.25, 0.3) is 0 Å². The number of nitrogens with one attached hydrogen (secondary N) is 2. The number of hydrogen-bond donors (Lipinski definition) is 2. The molecule has 0 aliphatic heterocycles. The zero-order valence-corrected chi connectivity index (χ0v) is 12.7. The molecule has 0 aromatic carbocycles. The van der Waals surface area contributed by atoms with Crippen molar-refractivity contribution in [3.05, 3.63) is 10.8 Å². The van der Waals surface area contributed by atoms with Crippen LogP contribution in [-0.4, -0.2) is 36.3 Å². The highest BCUT2D eigenvalue weighted by molar-refractivity contribution is 9.10. The summed E-state index contributed by atoms with van der Waals surface area (Å²) in [5.74, 6) is 1.62. The van der Waals surface area contributed by atoms with E-state index in [0.717, 1.165) is 35.5 Å². The minimum Gasteiger partial charge on any atom is -0.383 e. The Labute approximate surface area is 117 Å². The second-order valence-electron chi connectivity index (χ2n) is 4.02. The van der Waals surface area contributed by atoms with Gasteiger partial charge in [-0.2, -0.15) is 0 Å². The number of anilines is 2. The summed E-state index contributed by atoms with van der Waals surface area (Å²) in [7, 11) is 1.70. The first kappa shape index (κ1) is 15.2. The maximum atomic E-state index is 5.17. The first-order valence-electron chi connectivity index (χ1n) is 6.22. The number of rotatable bonds is 8. The summed E-state index contributed by atoms with van der Waals surface area (Å²) in [4.78, 5) is 8.47. The molecule has 0 radical (unpaired) electrons. The summed E-state index contributed by atoms with van der Waals surface area (Å²) in [5, 5.41) is 6.61. The van der Waals surface area contributed by atoms with Crippen LogP contribution in [0, 0.1) is 0 Å². The second kappa shape index (κ2) is 8.26. The summed E-state index contributed by atoms with van der Waals surface area (Å²) in [6, 6.07) is 0.250. The van der Waals surface area contributed by atoms with Gasteiger partial charge in [0, 0.05) is 13.7 Å². The lowest BCUT2D eigenvalue weighted by Gasteiger charge is -2.18. The van der Waals surface area contributed by atoms with Crippen LogP contribution >= 0.6 is 15.9 Å². The molecule has 1 atom stereocenters. The average Bonchev–Trinajstić information content (AvgIpc) is 2.39. The van der Waals surface area contributed by atoms with E-state index in [4.69, 9.17) is 4.74 Å². The lowest BCUT2D eigenvalue weighted by Crippen LogP contribution is -2.25. The van der Waals surface area contributed by atoms with Gasteiger partial charge in [0.1, 0.15) is 22.4 Å². The fraction of sp³-hybridized carbons (Fsp3) is 0.667. The van der Waals surface area contributed by atoms with Gasteiger partial charge in [-0.05, 0) is 28.8 Å². The quantitative estimate of drug-likeness (QED) is 0.772. The van der Waals surface area contributed by atoms with Crippen LogP contribution in [0.15, 0.2) is 10.8 Å². The molecular weight excluding hydrogens is 296 g/mol. The van der Waals surface area contributed by atoms with Gasteiger partial charge in [0.2, 0.25) is 0 Å². The molecule has 1 unspecified atom stereocenters. The van der Waals surface area contributed by atoms with Gasteiger partial charge in [0.15, 0.2) is 0 Å². The summed E-state index contributed by atoms with van der Waals surface area (Å²) < 4.78 is 6.03. The van der Waals surface area contributed by atoms with Crippen molar-refractivity contribution >= 4 is 27.6 Å². The lowest BCUT2D eigenvalue weighted by molar-refractivity contribution is 0.184. The maximum absolute atomic E-state index is 5.17. The van der Waals surface area contributed by atoms with Crippen molar-refractivity contribution in [2.45, 2.75) is 32.7 Å². The monoisotopic (exact) mass is 316 g/mol. The third-order valence-electron chi connectivity index (χ3n) is 2.53. The van der Waals surface area contributed by atoms with Crippen LogP contribution in [0.1, 0.15) is 26.7 Å². The Bertz CT molecular complexity index is 362. The zero-order valence-electron chi connectivity index (χ0n) is 11.2. The Kier molecular flexibility index (Phi) is 6.97. The van der Waals surface area contributed by atoms with Crippen molar-refractivity contribution in [3.63, 3.8) is 0 Å². The summed E-state index contributed by atoms with van der Waals surface area (Å²) >= 11 is 3.53. The summed E-state index contributed by atoms with van der Waals surface area (Å²) in [6.07, 6.45) is 3.59. The van der Waals surface area contributed by atoms with Gasteiger partial charge in [-0.1, -0.05) is 13.8 Å². The van der Waals surface area contributed by atoms with Gasteiger partial charge in [-0.25, -0.2) is 9.97 Å². The number of nitrogens with zero attached hydrogens (tertiary/aromatic N) is 2. The van der Waals surface area contributed by atoms with Gasteiger partial charge >= 0.3 is 0 Å². The number of ether oxygens (including phenoxy) is 1. The Morgan fingerprint density at radius 2 is 2.06 bits per heavy atom. The molecule has 1 aromatic heterocycles. The van der Waals surface area contributed by atoms with Gasteiger partial charge < -0.3 is 15.4 Å². The van der Waals surface area contributed by atoms with E-state index in [9.17, 15) is 0 Å². The van der Waals surface area contributed by atoms with E-state index in [0.29, 0.717) is 6.61 Å². The van der Waals surface area contributed by atoms with E-state index in [2.05, 4.69) is 50.4 Å². The van der Waals surface area contributed by atoms with E-state index >= 15 is 0 Å². The molecule has 1 rings (SSSR count). The van der Waals surface area contributed by atoms with Crippen LogP contribution in [0.2, 0.25) is 0 Å². The third kappa shape index (κ3) is 4.42. The van der Waals surface area contributed by atoms with Crippen molar-refractivity contribution < 1.29 is 4.74 Å². The van der Waals surface area contributed by atoms with Gasteiger partial charge in [-0.3, -0.25) is 0 Å². The molecule has 1 aromatic rings. The molecule has 5 nitrogen and oxygen atoms in total. The summed E-state index contributed by atoms with van der Waals surface area (Å²) in [6.45, 7) is 5.78. The molecule has 0 saturated heterocycles. The Hall–Kier alpha value is -0.880. The fourth-order valence-corrected chi connectivity index (χ4v) is 1.95.